The fourth-order valence-electron chi connectivity index (χ4n) is 0.980. The highest BCUT2D eigenvalue weighted by atomic mass is 14.9. The number of aromatic nitrogens is 1. The van der Waals surface area contributed by atoms with Gasteiger partial charge in [-0.3, -0.25) is 0 Å². The average molecular weight is 146 g/mol. The van der Waals surface area contributed by atoms with E-state index >= 15 is 0 Å². The molecule has 0 amide bonds. The minimum Gasteiger partial charge on any atom is -0.195 e. The van der Waals surface area contributed by atoms with Crippen LogP contribution in [0, 0.1) is 0 Å². The van der Waals surface area contributed by atoms with E-state index in [0.29, 0.717) is 0 Å². The molecule has 0 aromatic carbocycles. The molecule has 0 aliphatic heterocycles. The summed E-state index contributed by atoms with van der Waals surface area (Å²) in [6.07, 6.45) is 5.72. The number of hydrogen-bond acceptors (Lipinski definition) is 0. The molecule has 0 aliphatic carbocycles. The van der Waals surface area contributed by atoms with Crippen molar-refractivity contribution in [3.8, 4) is 0 Å². The van der Waals surface area contributed by atoms with Crippen LogP contribution < -0.4 is 4.57 Å². The summed E-state index contributed by atoms with van der Waals surface area (Å²) in [6, 6.07) is 6.02. The number of nitrogens with zero attached hydrogens (tertiary/aromatic N) is 1. The number of hydrogen-bond donors (Lipinski definition) is 0. The fraction of sp³-hybridized carbons (Fsp3) is 0.100. The maximum absolute atomic E-state index is 3.72. The molecule has 1 nitrogen and oxygen atoms in total. The van der Waals surface area contributed by atoms with Gasteiger partial charge in [0, 0.05) is 18.2 Å². The van der Waals surface area contributed by atoms with E-state index in [9.17, 15) is 0 Å². The predicted octanol–water partition coefficient (Wildman–Crippen LogP) is 1.80. The summed E-state index contributed by atoms with van der Waals surface area (Å²) in [4.78, 5) is 0. The van der Waals surface area contributed by atoms with E-state index in [-0.39, 0.29) is 0 Å². The maximum Gasteiger partial charge on any atom is 0.204 e. The summed E-state index contributed by atoms with van der Waals surface area (Å²) in [5.41, 5.74) is 1.12. The van der Waals surface area contributed by atoms with Crippen LogP contribution >= 0.6 is 0 Å². The Kier molecular flexibility index (Phi) is 2.61. The molecule has 0 radical (unpaired) electrons. The van der Waals surface area contributed by atoms with Crippen LogP contribution in [0.25, 0.3) is 6.08 Å². The average Bonchev–Trinajstić information content (AvgIpc) is 2.06. The van der Waals surface area contributed by atoms with E-state index < -0.39 is 0 Å². The SMILES string of the molecule is C=CC[n+]1ccccc1C=C. The van der Waals surface area contributed by atoms with Crippen LogP contribution in [-0.4, -0.2) is 0 Å². The maximum atomic E-state index is 3.72. The molecule has 1 heteroatoms. The van der Waals surface area contributed by atoms with Gasteiger partial charge in [0.05, 0.1) is 0 Å². The molecule has 0 spiro atoms. The Morgan fingerprint density at radius 3 is 2.82 bits per heavy atom. The molecule has 0 saturated carbocycles. The second kappa shape index (κ2) is 3.71. The van der Waals surface area contributed by atoms with E-state index in [4.69, 9.17) is 0 Å². The van der Waals surface area contributed by atoms with Gasteiger partial charge in [0.15, 0.2) is 12.7 Å². The molecular formula is C10H12N+. The zero-order valence-corrected chi connectivity index (χ0v) is 6.53. The van der Waals surface area contributed by atoms with Crippen LogP contribution in [0.5, 0.6) is 0 Å². The lowest BCUT2D eigenvalue weighted by molar-refractivity contribution is -0.688. The molecule has 0 unspecified atom stereocenters. The second-order valence-electron chi connectivity index (χ2n) is 2.27. The lowest BCUT2D eigenvalue weighted by Gasteiger charge is -1.94. The smallest absolute Gasteiger partial charge is 0.195 e. The highest BCUT2D eigenvalue weighted by Gasteiger charge is 2.00. The van der Waals surface area contributed by atoms with E-state index in [1.54, 1.807) is 0 Å². The Labute approximate surface area is 67.3 Å². The highest BCUT2D eigenvalue weighted by Crippen LogP contribution is 1.91. The third-order valence-electron chi connectivity index (χ3n) is 1.51. The van der Waals surface area contributed by atoms with E-state index in [1.165, 1.54) is 0 Å². The van der Waals surface area contributed by atoms with Gasteiger partial charge in [0.25, 0.3) is 0 Å². The van der Waals surface area contributed by atoms with Gasteiger partial charge in [-0.1, -0.05) is 13.2 Å². The largest absolute Gasteiger partial charge is 0.204 e. The second-order valence-corrected chi connectivity index (χ2v) is 2.27. The number of pyridine rings is 1. The summed E-state index contributed by atoms with van der Waals surface area (Å²) in [7, 11) is 0. The zero-order chi connectivity index (χ0) is 8.10. The molecule has 0 aliphatic rings. The van der Waals surface area contributed by atoms with Crippen molar-refractivity contribution in [3.63, 3.8) is 0 Å². The summed E-state index contributed by atoms with van der Waals surface area (Å²) in [6.45, 7) is 8.23. The summed E-state index contributed by atoms with van der Waals surface area (Å²) in [5.74, 6) is 0. The van der Waals surface area contributed by atoms with Crippen LogP contribution in [0.3, 0.4) is 0 Å². The highest BCUT2D eigenvalue weighted by molar-refractivity contribution is 5.36. The van der Waals surface area contributed by atoms with Crippen LogP contribution in [0.2, 0.25) is 0 Å². The third kappa shape index (κ3) is 1.77. The quantitative estimate of drug-likeness (QED) is 0.452. The van der Waals surface area contributed by atoms with Crippen molar-refractivity contribution in [1.82, 2.24) is 0 Å². The Bertz CT molecular complexity index is 263. The van der Waals surface area contributed by atoms with Gasteiger partial charge in [-0.05, 0) is 12.1 Å². The summed E-state index contributed by atoms with van der Waals surface area (Å²) in [5, 5.41) is 0. The van der Waals surface area contributed by atoms with Crippen molar-refractivity contribution < 1.29 is 4.57 Å². The van der Waals surface area contributed by atoms with Gasteiger partial charge in [0.2, 0.25) is 5.69 Å². The Hall–Kier alpha value is -1.37. The van der Waals surface area contributed by atoms with Gasteiger partial charge < -0.3 is 0 Å². The zero-order valence-electron chi connectivity index (χ0n) is 6.53. The van der Waals surface area contributed by atoms with Crippen LogP contribution in [-0.2, 0) is 6.54 Å². The first kappa shape index (κ1) is 7.73. The van der Waals surface area contributed by atoms with Gasteiger partial charge in [-0.15, -0.1) is 0 Å². The lowest BCUT2D eigenvalue weighted by Crippen LogP contribution is -2.35. The molecular weight excluding hydrogens is 134 g/mol. The minimum absolute atomic E-state index is 0.836. The van der Waals surface area contributed by atoms with Crippen LogP contribution in [0.15, 0.2) is 43.6 Å². The molecule has 56 valence electrons. The first-order chi connectivity index (χ1) is 5.38. The Balaban J connectivity index is 3.01. The first-order valence-electron chi connectivity index (χ1n) is 3.60. The number of rotatable bonds is 3. The van der Waals surface area contributed by atoms with Gasteiger partial charge in [-0.25, -0.2) is 0 Å². The molecule has 0 N–H and O–H groups in total. The topological polar surface area (TPSA) is 3.88 Å². The fourth-order valence-corrected chi connectivity index (χ4v) is 0.980. The first-order valence-corrected chi connectivity index (χ1v) is 3.60. The van der Waals surface area contributed by atoms with Gasteiger partial charge in [-0.2, -0.15) is 4.57 Å². The van der Waals surface area contributed by atoms with Gasteiger partial charge in [0.1, 0.15) is 0 Å². The minimum atomic E-state index is 0.836. The van der Waals surface area contributed by atoms with Crippen molar-refractivity contribution >= 4 is 6.08 Å². The van der Waals surface area contributed by atoms with E-state index in [0.717, 1.165) is 12.2 Å². The van der Waals surface area contributed by atoms with Crippen molar-refractivity contribution in [3.05, 3.63) is 49.3 Å². The van der Waals surface area contributed by atoms with Crippen LogP contribution in [0.4, 0.5) is 0 Å². The Morgan fingerprint density at radius 2 is 2.18 bits per heavy atom. The van der Waals surface area contributed by atoms with Crippen molar-refractivity contribution in [2.75, 3.05) is 0 Å². The van der Waals surface area contributed by atoms with Crippen molar-refractivity contribution in [2.24, 2.45) is 0 Å². The summed E-state index contributed by atoms with van der Waals surface area (Å²) < 4.78 is 2.08. The Morgan fingerprint density at radius 1 is 1.36 bits per heavy atom. The molecule has 0 atom stereocenters. The molecule has 1 rings (SSSR count). The molecule has 0 bridgehead atoms. The molecule has 0 saturated heterocycles. The molecule has 1 heterocycles. The monoisotopic (exact) mass is 146 g/mol. The van der Waals surface area contributed by atoms with Gasteiger partial charge >= 0.3 is 0 Å². The standard InChI is InChI=1S/C10H12N/c1-3-8-11-9-6-5-7-10(11)4-2/h3-7,9H,1-2,8H2/q+1. The lowest BCUT2D eigenvalue weighted by atomic mass is 10.3. The molecule has 1 aromatic heterocycles. The van der Waals surface area contributed by atoms with E-state index in [2.05, 4.69) is 17.7 Å². The summed E-state index contributed by atoms with van der Waals surface area (Å²) >= 11 is 0. The van der Waals surface area contributed by atoms with Crippen molar-refractivity contribution in [1.29, 1.82) is 0 Å². The number of allylic oxidation sites excluding steroid dienone is 1. The molecule has 11 heavy (non-hydrogen) atoms. The third-order valence-corrected chi connectivity index (χ3v) is 1.51. The predicted molar refractivity (Wildman–Crippen MR) is 46.9 cm³/mol. The molecule has 0 fully saturated rings. The normalized spacial score (nSPS) is 9.09. The molecule has 1 aromatic rings. The van der Waals surface area contributed by atoms with Crippen molar-refractivity contribution in [2.45, 2.75) is 6.54 Å². The van der Waals surface area contributed by atoms with E-state index in [1.807, 2.05) is 36.5 Å². The van der Waals surface area contributed by atoms with Crippen LogP contribution in [0.1, 0.15) is 5.69 Å².